The maximum Gasteiger partial charge on any atom is 0.276 e. The first-order chi connectivity index (χ1) is 12.9. The molecule has 0 fully saturated rings. The van der Waals surface area contributed by atoms with E-state index in [2.05, 4.69) is 21.4 Å². The average molecular weight is 425 g/mol. The van der Waals surface area contributed by atoms with Crippen molar-refractivity contribution in [2.45, 2.75) is 44.2 Å². The molecule has 0 unspecified atom stereocenters. The molecule has 0 atom stereocenters. The predicted molar refractivity (Wildman–Crippen MR) is 103 cm³/mol. The Morgan fingerprint density at radius 1 is 1.41 bits per heavy atom. The van der Waals surface area contributed by atoms with E-state index in [1.807, 2.05) is 0 Å². The lowest BCUT2D eigenvalue weighted by Gasteiger charge is -2.09. The molecule has 142 valence electrons. The minimum absolute atomic E-state index is 0.0530. The van der Waals surface area contributed by atoms with E-state index in [1.54, 1.807) is 6.92 Å². The number of hydrogen-bond acceptors (Lipinski definition) is 7. The molecule has 1 aliphatic rings. The molecule has 0 spiro atoms. The minimum Gasteiger partial charge on any atom is -0.311 e. The number of rotatable bonds is 5. The van der Waals surface area contributed by atoms with Gasteiger partial charge in [0.1, 0.15) is 11.1 Å². The lowest BCUT2D eigenvalue weighted by Crippen LogP contribution is -2.18. The van der Waals surface area contributed by atoms with Crippen LogP contribution in [0, 0.1) is 11.3 Å². The maximum absolute atomic E-state index is 12.7. The number of hydrogen-bond donors (Lipinski definition) is 1. The smallest absolute Gasteiger partial charge is 0.276 e. The molecular weight excluding hydrogens is 408 g/mol. The van der Waals surface area contributed by atoms with Gasteiger partial charge >= 0.3 is 0 Å². The van der Waals surface area contributed by atoms with E-state index in [0.717, 1.165) is 42.3 Å². The molecule has 2 aromatic rings. The average Bonchev–Trinajstić information content (AvgIpc) is 2.98. The van der Waals surface area contributed by atoms with E-state index in [-0.39, 0.29) is 16.5 Å². The minimum atomic E-state index is -3.68. The van der Waals surface area contributed by atoms with Gasteiger partial charge in [0.2, 0.25) is 15.0 Å². The Morgan fingerprint density at radius 2 is 2.15 bits per heavy atom. The summed E-state index contributed by atoms with van der Waals surface area (Å²) < 4.78 is 24.3. The molecule has 0 bridgehead atoms. The molecule has 3 rings (SSSR count). The number of nitrogens with zero attached hydrogens (tertiary/aromatic N) is 3. The first-order valence-electron chi connectivity index (χ1n) is 8.48. The van der Waals surface area contributed by atoms with Crippen LogP contribution in [0.4, 0.5) is 5.00 Å². The zero-order valence-corrected chi connectivity index (χ0v) is 17.0. The second-order valence-electron chi connectivity index (χ2n) is 6.15. The summed E-state index contributed by atoms with van der Waals surface area (Å²) in [6.07, 6.45) is 5.29. The summed E-state index contributed by atoms with van der Waals surface area (Å²) in [4.78, 5) is 21.4. The van der Waals surface area contributed by atoms with Crippen LogP contribution < -0.4 is 5.32 Å². The van der Waals surface area contributed by atoms with Gasteiger partial charge in [-0.25, -0.2) is 18.4 Å². The van der Waals surface area contributed by atoms with E-state index in [9.17, 15) is 18.5 Å². The number of nitriles is 1. The number of halogens is 1. The van der Waals surface area contributed by atoms with E-state index in [1.165, 1.54) is 11.3 Å². The highest BCUT2D eigenvalue weighted by Gasteiger charge is 2.25. The molecular formula is C17H17ClN4O3S2. The zero-order valence-electron chi connectivity index (χ0n) is 14.6. The number of nitrogens with one attached hydrogen (secondary N) is 1. The van der Waals surface area contributed by atoms with Gasteiger partial charge in [-0.05, 0) is 37.7 Å². The number of aryl methyl sites for hydroxylation is 1. The molecule has 0 aliphatic heterocycles. The summed E-state index contributed by atoms with van der Waals surface area (Å²) in [5, 5.41) is 12.1. The standard InChI is InChI=1S/C17H17ClN4O3S2/c1-2-7-27(24,25)17-20-9-12(18)14(21-17)15(23)22-16-11(8-19)10-5-3-4-6-13(10)26-16/h9H,2-7H2,1H3,(H,22,23). The number of sulfone groups is 1. The Hall–Kier alpha value is -2.02. The summed E-state index contributed by atoms with van der Waals surface area (Å²) >= 11 is 7.39. The van der Waals surface area contributed by atoms with Gasteiger partial charge in [0.25, 0.3) is 5.91 Å². The van der Waals surface area contributed by atoms with Crippen molar-refractivity contribution in [2.24, 2.45) is 0 Å². The first-order valence-corrected chi connectivity index (χ1v) is 11.3. The fourth-order valence-electron chi connectivity index (χ4n) is 2.95. The van der Waals surface area contributed by atoms with Crippen molar-refractivity contribution in [1.82, 2.24) is 9.97 Å². The van der Waals surface area contributed by atoms with Crippen LogP contribution >= 0.6 is 22.9 Å². The molecule has 2 aromatic heterocycles. The predicted octanol–water partition coefficient (Wildman–Crippen LogP) is 3.38. The maximum atomic E-state index is 12.7. The number of carbonyl (C=O) groups excluding carboxylic acids is 1. The van der Waals surface area contributed by atoms with Crippen LogP contribution in [0.2, 0.25) is 5.02 Å². The van der Waals surface area contributed by atoms with Gasteiger partial charge < -0.3 is 5.32 Å². The van der Waals surface area contributed by atoms with Gasteiger partial charge in [0.05, 0.1) is 22.5 Å². The van der Waals surface area contributed by atoms with Crippen molar-refractivity contribution in [2.75, 3.05) is 11.1 Å². The fourth-order valence-corrected chi connectivity index (χ4v) is 5.53. The number of fused-ring (bicyclic) bond motifs is 1. The normalized spacial score (nSPS) is 13.7. The van der Waals surface area contributed by atoms with Gasteiger partial charge in [-0.15, -0.1) is 11.3 Å². The van der Waals surface area contributed by atoms with Crippen LogP contribution in [0.25, 0.3) is 0 Å². The number of anilines is 1. The molecule has 7 nitrogen and oxygen atoms in total. The molecule has 0 aromatic carbocycles. The summed E-state index contributed by atoms with van der Waals surface area (Å²) in [5.41, 5.74) is 1.23. The summed E-state index contributed by atoms with van der Waals surface area (Å²) in [5.74, 6) is -0.781. The van der Waals surface area contributed by atoms with Gasteiger partial charge in [-0.3, -0.25) is 4.79 Å². The summed E-state index contributed by atoms with van der Waals surface area (Å²) in [6.45, 7) is 1.73. The molecule has 0 saturated carbocycles. The quantitative estimate of drug-likeness (QED) is 0.736. The highest BCUT2D eigenvalue weighted by Crippen LogP contribution is 2.37. The van der Waals surface area contributed by atoms with E-state index < -0.39 is 20.9 Å². The summed E-state index contributed by atoms with van der Waals surface area (Å²) in [6, 6.07) is 2.16. The molecule has 10 heteroatoms. The molecule has 1 N–H and O–H groups in total. The zero-order chi connectivity index (χ0) is 19.6. The van der Waals surface area contributed by atoms with Gasteiger partial charge in [-0.1, -0.05) is 18.5 Å². The second kappa shape index (κ2) is 7.92. The van der Waals surface area contributed by atoms with Crippen LogP contribution in [0.3, 0.4) is 0 Å². The van der Waals surface area contributed by atoms with Gasteiger partial charge in [0, 0.05) is 4.88 Å². The number of thiophene rings is 1. The van der Waals surface area contributed by atoms with Crippen LogP contribution in [-0.4, -0.2) is 30.0 Å². The van der Waals surface area contributed by atoms with E-state index in [4.69, 9.17) is 11.6 Å². The van der Waals surface area contributed by atoms with Gasteiger partial charge in [-0.2, -0.15) is 5.26 Å². The number of aromatic nitrogens is 2. The van der Waals surface area contributed by atoms with Crippen molar-refractivity contribution in [3.8, 4) is 6.07 Å². The number of amides is 1. The van der Waals surface area contributed by atoms with E-state index in [0.29, 0.717) is 17.0 Å². The topological polar surface area (TPSA) is 113 Å². The SMILES string of the molecule is CCCS(=O)(=O)c1ncc(Cl)c(C(=O)Nc2sc3c(c2C#N)CCCC3)n1. The lowest BCUT2D eigenvalue weighted by atomic mass is 9.96. The highest BCUT2D eigenvalue weighted by molar-refractivity contribution is 7.91. The third kappa shape index (κ3) is 3.98. The fraction of sp³-hybridized carbons (Fsp3) is 0.412. The van der Waals surface area contributed by atoms with Crippen molar-refractivity contribution < 1.29 is 13.2 Å². The Balaban J connectivity index is 1.94. The van der Waals surface area contributed by atoms with Gasteiger partial charge in [0.15, 0.2) is 5.69 Å². The first kappa shape index (κ1) is 19.7. The molecule has 0 saturated heterocycles. The Morgan fingerprint density at radius 3 is 2.85 bits per heavy atom. The second-order valence-corrected chi connectivity index (χ2v) is 9.66. The van der Waals surface area contributed by atoms with Crippen LogP contribution in [0.5, 0.6) is 0 Å². The third-order valence-electron chi connectivity index (χ3n) is 4.20. The van der Waals surface area contributed by atoms with Crippen LogP contribution in [0.15, 0.2) is 11.4 Å². The van der Waals surface area contributed by atoms with Crippen LogP contribution in [-0.2, 0) is 22.7 Å². The van der Waals surface area contributed by atoms with Crippen molar-refractivity contribution in [1.29, 1.82) is 5.26 Å². The molecule has 0 radical (unpaired) electrons. The number of carbonyl (C=O) groups is 1. The Bertz CT molecular complexity index is 1040. The largest absolute Gasteiger partial charge is 0.311 e. The molecule has 27 heavy (non-hydrogen) atoms. The van der Waals surface area contributed by atoms with E-state index >= 15 is 0 Å². The third-order valence-corrected chi connectivity index (χ3v) is 7.38. The highest BCUT2D eigenvalue weighted by atomic mass is 35.5. The summed E-state index contributed by atoms with van der Waals surface area (Å²) in [7, 11) is -3.68. The Kier molecular flexibility index (Phi) is 5.79. The molecule has 2 heterocycles. The van der Waals surface area contributed by atoms with Crippen molar-refractivity contribution in [3.05, 3.63) is 32.9 Å². The monoisotopic (exact) mass is 424 g/mol. The molecule has 1 aliphatic carbocycles. The van der Waals surface area contributed by atoms with Crippen molar-refractivity contribution >= 4 is 43.7 Å². The Labute approximate surface area is 166 Å². The lowest BCUT2D eigenvalue weighted by molar-refractivity contribution is 0.102. The van der Waals surface area contributed by atoms with Crippen molar-refractivity contribution in [3.63, 3.8) is 0 Å². The molecule has 1 amide bonds. The van der Waals surface area contributed by atoms with Crippen LogP contribution in [0.1, 0.15) is 52.7 Å².